The monoisotopic (exact) mass is 252 g/mol. The fourth-order valence-corrected chi connectivity index (χ4v) is 3.44. The van der Waals surface area contributed by atoms with Gasteiger partial charge in [0.1, 0.15) is 5.78 Å². The molecule has 1 spiro atoms. The molecular weight excluding hydrogens is 228 g/mol. The number of nitrogens with zero attached hydrogens (tertiary/aromatic N) is 1. The molecule has 18 heavy (non-hydrogen) atoms. The number of ether oxygens (including phenoxy) is 1. The predicted octanol–water partition coefficient (Wildman–Crippen LogP) is 0.810. The molecule has 0 aromatic heterocycles. The summed E-state index contributed by atoms with van der Waals surface area (Å²) >= 11 is 0. The van der Waals surface area contributed by atoms with Gasteiger partial charge in [0, 0.05) is 38.7 Å². The topological polar surface area (TPSA) is 41.6 Å². The summed E-state index contributed by atoms with van der Waals surface area (Å²) in [6.45, 7) is 5.51. The molecule has 0 radical (unpaired) electrons. The summed E-state index contributed by atoms with van der Waals surface area (Å²) in [5.41, 5.74) is 0.0992. The summed E-state index contributed by atoms with van der Waals surface area (Å²) in [7, 11) is 0. The Balaban J connectivity index is 1.51. The smallest absolute Gasteiger partial charge is 0.150 e. The first-order valence-corrected chi connectivity index (χ1v) is 7.37. The van der Waals surface area contributed by atoms with E-state index in [4.69, 9.17) is 4.74 Å². The number of piperazine rings is 1. The molecule has 2 saturated heterocycles. The maximum Gasteiger partial charge on any atom is 0.150 e. The molecule has 1 unspecified atom stereocenters. The van der Waals surface area contributed by atoms with Crippen LogP contribution in [0.5, 0.6) is 0 Å². The van der Waals surface area contributed by atoms with Crippen LogP contribution in [0, 0.1) is 5.92 Å². The van der Waals surface area contributed by atoms with Gasteiger partial charge >= 0.3 is 0 Å². The van der Waals surface area contributed by atoms with E-state index in [0.717, 1.165) is 45.6 Å². The number of rotatable bonds is 3. The van der Waals surface area contributed by atoms with Crippen LogP contribution in [0.15, 0.2) is 0 Å². The Hall–Kier alpha value is -0.450. The summed E-state index contributed by atoms with van der Waals surface area (Å²) in [5.74, 6) is 0.709. The molecule has 3 rings (SSSR count). The lowest BCUT2D eigenvalue weighted by molar-refractivity contribution is -0.156. The molecule has 2 heterocycles. The van der Waals surface area contributed by atoms with E-state index in [-0.39, 0.29) is 11.5 Å². The summed E-state index contributed by atoms with van der Waals surface area (Å²) in [6.07, 6.45) is 5.54. The maximum atomic E-state index is 12.4. The quantitative estimate of drug-likeness (QED) is 0.807. The van der Waals surface area contributed by atoms with Gasteiger partial charge in [-0.25, -0.2) is 0 Å². The highest BCUT2D eigenvalue weighted by Gasteiger charge is 2.44. The fourth-order valence-electron chi connectivity index (χ4n) is 3.44. The second-order valence-electron chi connectivity index (χ2n) is 6.07. The van der Waals surface area contributed by atoms with Crippen LogP contribution in [-0.2, 0) is 9.53 Å². The van der Waals surface area contributed by atoms with Crippen LogP contribution in [0.1, 0.15) is 32.1 Å². The first-order chi connectivity index (χ1) is 8.77. The van der Waals surface area contributed by atoms with Crippen LogP contribution in [0.2, 0.25) is 0 Å². The van der Waals surface area contributed by atoms with Crippen molar-refractivity contribution in [2.24, 2.45) is 5.92 Å². The zero-order valence-electron chi connectivity index (χ0n) is 11.1. The summed E-state index contributed by atoms with van der Waals surface area (Å²) in [5, 5.41) is 3.33. The van der Waals surface area contributed by atoms with Gasteiger partial charge < -0.3 is 10.1 Å². The van der Waals surface area contributed by atoms with E-state index in [2.05, 4.69) is 10.2 Å². The number of ketones is 1. The molecule has 1 saturated carbocycles. The number of nitrogens with one attached hydrogen (secondary N) is 1. The minimum absolute atomic E-state index is 0.0992. The summed E-state index contributed by atoms with van der Waals surface area (Å²) in [4.78, 5) is 14.7. The van der Waals surface area contributed by atoms with Crippen molar-refractivity contribution in [1.29, 1.82) is 0 Å². The van der Waals surface area contributed by atoms with E-state index in [1.54, 1.807) is 0 Å². The van der Waals surface area contributed by atoms with E-state index in [9.17, 15) is 4.79 Å². The minimum atomic E-state index is 0.0992. The molecule has 4 nitrogen and oxygen atoms in total. The van der Waals surface area contributed by atoms with Crippen molar-refractivity contribution in [3.05, 3.63) is 0 Å². The van der Waals surface area contributed by atoms with Crippen LogP contribution in [-0.4, -0.2) is 55.6 Å². The standard InChI is InChI=1S/C14H24N2O2/c17-13(11-16-7-5-15-6-8-16)12-2-9-18-14(10-12)3-1-4-14/h12,15H,1-11H2. The largest absolute Gasteiger partial charge is 0.375 e. The summed E-state index contributed by atoms with van der Waals surface area (Å²) < 4.78 is 5.90. The van der Waals surface area contributed by atoms with Gasteiger partial charge in [0.25, 0.3) is 0 Å². The molecular formula is C14H24N2O2. The molecule has 4 heteroatoms. The molecule has 0 aromatic carbocycles. The van der Waals surface area contributed by atoms with Crippen LogP contribution >= 0.6 is 0 Å². The lowest BCUT2D eigenvalue weighted by atomic mass is 9.71. The highest BCUT2D eigenvalue weighted by Crippen LogP contribution is 2.44. The number of hydrogen-bond acceptors (Lipinski definition) is 4. The second kappa shape index (κ2) is 5.27. The van der Waals surface area contributed by atoms with Crippen molar-refractivity contribution in [3.8, 4) is 0 Å². The van der Waals surface area contributed by atoms with Crippen molar-refractivity contribution in [2.75, 3.05) is 39.3 Å². The lowest BCUT2D eigenvalue weighted by Crippen LogP contribution is -2.50. The SMILES string of the molecule is O=C(CN1CCNCC1)C1CCOC2(CCC2)C1. The highest BCUT2D eigenvalue weighted by atomic mass is 16.5. The minimum Gasteiger partial charge on any atom is -0.375 e. The van der Waals surface area contributed by atoms with E-state index >= 15 is 0 Å². The number of carbonyl (C=O) groups excluding carboxylic acids is 1. The van der Waals surface area contributed by atoms with E-state index in [0.29, 0.717) is 12.3 Å². The van der Waals surface area contributed by atoms with Gasteiger partial charge in [-0.3, -0.25) is 9.69 Å². The molecule has 0 amide bonds. The van der Waals surface area contributed by atoms with Gasteiger partial charge in [-0.1, -0.05) is 0 Å². The van der Waals surface area contributed by atoms with E-state index in [1.807, 2.05) is 0 Å². The highest BCUT2D eigenvalue weighted by molar-refractivity contribution is 5.83. The third kappa shape index (κ3) is 2.60. The average molecular weight is 252 g/mol. The van der Waals surface area contributed by atoms with Gasteiger partial charge in [0.05, 0.1) is 12.1 Å². The molecule has 1 N–H and O–H groups in total. The lowest BCUT2D eigenvalue weighted by Gasteiger charge is -2.47. The Morgan fingerprint density at radius 1 is 1.33 bits per heavy atom. The predicted molar refractivity (Wildman–Crippen MR) is 69.6 cm³/mol. The van der Waals surface area contributed by atoms with E-state index in [1.165, 1.54) is 19.3 Å². The van der Waals surface area contributed by atoms with Crippen molar-refractivity contribution < 1.29 is 9.53 Å². The Morgan fingerprint density at radius 2 is 2.11 bits per heavy atom. The van der Waals surface area contributed by atoms with Crippen molar-refractivity contribution >= 4 is 5.78 Å². The van der Waals surface area contributed by atoms with Crippen molar-refractivity contribution in [1.82, 2.24) is 10.2 Å². The molecule has 1 atom stereocenters. The Morgan fingerprint density at radius 3 is 2.78 bits per heavy atom. The van der Waals surface area contributed by atoms with Gasteiger partial charge in [-0.15, -0.1) is 0 Å². The zero-order valence-corrected chi connectivity index (χ0v) is 11.1. The fraction of sp³-hybridized carbons (Fsp3) is 0.929. The van der Waals surface area contributed by atoms with Gasteiger partial charge in [0.2, 0.25) is 0 Å². The number of hydrogen-bond donors (Lipinski definition) is 1. The normalized spacial score (nSPS) is 32.1. The van der Waals surface area contributed by atoms with E-state index < -0.39 is 0 Å². The van der Waals surface area contributed by atoms with Crippen LogP contribution in [0.3, 0.4) is 0 Å². The van der Waals surface area contributed by atoms with Gasteiger partial charge in [-0.2, -0.15) is 0 Å². The number of Topliss-reactive ketones (excluding diaryl/α,β-unsaturated/α-hetero) is 1. The molecule has 0 aromatic rings. The Kier molecular flexibility index (Phi) is 3.68. The molecule has 3 aliphatic rings. The number of carbonyl (C=O) groups is 1. The summed E-state index contributed by atoms with van der Waals surface area (Å²) in [6, 6.07) is 0. The van der Waals surface area contributed by atoms with Crippen molar-refractivity contribution in [2.45, 2.75) is 37.7 Å². The third-order valence-electron chi connectivity index (χ3n) is 4.80. The Bertz CT molecular complexity index is 309. The van der Waals surface area contributed by atoms with Gasteiger partial charge in [0.15, 0.2) is 0 Å². The van der Waals surface area contributed by atoms with Crippen LogP contribution in [0.4, 0.5) is 0 Å². The Labute approximate surface area is 109 Å². The second-order valence-corrected chi connectivity index (χ2v) is 6.07. The first-order valence-electron chi connectivity index (χ1n) is 7.37. The van der Waals surface area contributed by atoms with Crippen LogP contribution < -0.4 is 5.32 Å². The van der Waals surface area contributed by atoms with Crippen LogP contribution in [0.25, 0.3) is 0 Å². The molecule has 0 bridgehead atoms. The molecule has 3 fully saturated rings. The molecule has 2 aliphatic heterocycles. The molecule has 102 valence electrons. The molecule has 1 aliphatic carbocycles. The van der Waals surface area contributed by atoms with Crippen molar-refractivity contribution in [3.63, 3.8) is 0 Å². The zero-order chi connectivity index (χ0) is 12.4. The maximum absolute atomic E-state index is 12.4. The third-order valence-corrected chi connectivity index (χ3v) is 4.80. The first kappa shape index (κ1) is 12.6. The van der Waals surface area contributed by atoms with Gasteiger partial charge in [-0.05, 0) is 32.1 Å². The average Bonchev–Trinajstić information content (AvgIpc) is 2.38.